The lowest BCUT2D eigenvalue weighted by Gasteiger charge is -2.26. The van der Waals surface area contributed by atoms with Crippen molar-refractivity contribution in [1.29, 1.82) is 0 Å². The van der Waals surface area contributed by atoms with Crippen LogP contribution in [0.15, 0.2) is 0 Å². The highest BCUT2D eigenvalue weighted by Gasteiger charge is 2.14. The maximum atomic E-state index is 10.6. The fourth-order valence-corrected chi connectivity index (χ4v) is 0.389. The van der Waals surface area contributed by atoms with E-state index in [0.717, 1.165) is 14.1 Å². The van der Waals surface area contributed by atoms with Gasteiger partial charge in [-0.1, -0.05) is 0 Å². The lowest BCUT2D eigenvalue weighted by molar-refractivity contribution is -0.873. The van der Waals surface area contributed by atoms with Crippen molar-refractivity contribution in [2.24, 2.45) is 0 Å². The molecule has 0 saturated heterocycles. The standard InChI is InChI=1S/C7H15NO3/c1-8(2,3)5-6(9)4-7(10)11/h6,9H,4-5H2,1-3H3/t6-/m0/s1/i1D3,4D2,5D2,6D. The van der Waals surface area contributed by atoms with E-state index in [1.807, 2.05) is 0 Å². The monoisotopic (exact) mass is 169 g/mol. The minimum absolute atomic E-state index is 0.790. The Morgan fingerprint density at radius 3 is 2.91 bits per heavy atom. The van der Waals surface area contributed by atoms with Gasteiger partial charge in [-0.3, -0.25) is 0 Å². The third-order valence-corrected chi connectivity index (χ3v) is 0.606. The van der Waals surface area contributed by atoms with E-state index in [4.69, 9.17) is 11.0 Å². The number of aliphatic hydroxyl groups is 1. The second-order valence-corrected chi connectivity index (χ2v) is 2.33. The van der Waals surface area contributed by atoms with Gasteiger partial charge < -0.3 is 19.5 Å². The molecule has 0 spiro atoms. The van der Waals surface area contributed by atoms with Gasteiger partial charge in [0.05, 0.1) is 29.3 Å². The highest BCUT2D eigenvalue weighted by Crippen LogP contribution is 1.97. The van der Waals surface area contributed by atoms with Gasteiger partial charge in [-0.25, -0.2) is 0 Å². The van der Waals surface area contributed by atoms with Gasteiger partial charge in [0.1, 0.15) is 12.6 Å². The highest BCUT2D eigenvalue weighted by molar-refractivity contribution is 5.64. The Kier molecular flexibility index (Phi) is 1.02. The van der Waals surface area contributed by atoms with Gasteiger partial charge in [-0.2, -0.15) is 0 Å². The highest BCUT2D eigenvalue weighted by atomic mass is 16.4. The number of carboxylic acid groups (broad SMARTS) is 1. The summed E-state index contributed by atoms with van der Waals surface area (Å²) < 4.78 is 56.4. The summed E-state index contributed by atoms with van der Waals surface area (Å²) in [4.78, 5) is 10.6. The molecule has 0 heterocycles. The first kappa shape index (κ1) is 3.03. The van der Waals surface area contributed by atoms with Crippen LogP contribution in [0.25, 0.3) is 0 Å². The SMILES string of the molecule is [2H]C([2H])(C(=O)[O-])[C@]([2H])(O)C([2H])([2H])[N+](C)(C)C([2H])([2H])[2H]. The number of hydrogen-bond acceptors (Lipinski definition) is 3. The number of hydrogen-bond donors (Lipinski definition) is 1. The van der Waals surface area contributed by atoms with Crippen molar-refractivity contribution in [1.82, 2.24) is 0 Å². The zero-order valence-corrected chi connectivity index (χ0v) is 6.21. The van der Waals surface area contributed by atoms with Gasteiger partial charge >= 0.3 is 0 Å². The van der Waals surface area contributed by atoms with E-state index in [0.29, 0.717) is 0 Å². The molecule has 0 aromatic rings. The zero-order chi connectivity index (χ0) is 16.1. The molecule has 0 unspecified atom stereocenters. The van der Waals surface area contributed by atoms with Crippen molar-refractivity contribution in [3.8, 4) is 0 Å². The molecule has 0 aromatic carbocycles. The summed E-state index contributed by atoms with van der Waals surface area (Å²) in [6.07, 6.45) is -7.69. The second-order valence-electron chi connectivity index (χ2n) is 2.33. The smallest absolute Gasteiger partial charge is 0.108 e. The second kappa shape index (κ2) is 3.69. The van der Waals surface area contributed by atoms with Crippen molar-refractivity contribution in [2.75, 3.05) is 27.6 Å². The Morgan fingerprint density at radius 1 is 2.00 bits per heavy atom. The average molecular weight is 169 g/mol. The number of nitrogens with zero attached hydrogens (tertiary/aromatic N) is 1. The average Bonchev–Trinajstić information content (AvgIpc) is 2.14. The lowest BCUT2D eigenvalue weighted by atomic mass is 10.2. The van der Waals surface area contributed by atoms with E-state index in [-0.39, 0.29) is 0 Å². The van der Waals surface area contributed by atoms with E-state index in [1.54, 1.807) is 0 Å². The van der Waals surface area contributed by atoms with E-state index in [1.165, 1.54) is 0 Å². The zero-order valence-electron chi connectivity index (χ0n) is 14.2. The minimum Gasteiger partial charge on any atom is -0.550 e. The van der Waals surface area contributed by atoms with Crippen LogP contribution in [0.4, 0.5) is 0 Å². The van der Waals surface area contributed by atoms with Crippen molar-refractivity contribution in [3.63, 3.8) is 0 Å². The van der Waals surface area contributed by atoms with Crippen LogP contribution < -0.4 is 5.11 Å². The molecular formula is C7H15NO3. The van der Waals surface area contributed by atoms with Gasteiger partial charge in [-0.05, 0) is 0 Å². The molecule has 1 N–H and O–H groups in total. The molecule has 0 aliphatic heterocycles. The number of carboxylic acids is 1. The molecule has 0 bridgehead atoms. The molecule has 0 amide bonds. The number of carbonyl (C=O) groups is 1. The summed E-state index contributed by atoms with van der Waals surface area (Å²) in [5.74, 6) is -2.51. The van der Waals surface area contributed by atoms with E-state index in [2.05, 4.69) is 0 Å². The first-order valence-corrected chi connectivity index (χ1v) is 2.72. The van der Waals surface area contributed by atoms with E-state index < -0.39 is 36.4 Å². The summed E-state index contributed by atoms with van der Waals surface area (Å²) in [6, 6.07) is 0. The Hall–Kier alpha value is -0.610. The molecule has 0 aromatic heterocycles. The van der Waals surface area contributed by atoms with Gasteiger partial charge in [0, 0.05) is 15.1 Å². The van der Waals surface area contributed by atoms with E-state index in [9.17, 15) is 15.0 Å². The number of quaternary nitrogens is 1. The summed E-state index contributed by atoms with van der Waals surface area (Å²) in [7, 11) is 1.58. The Bertz CT molecular complexity index is 375. The topological polar surface area (TPSA) is 60.4 Å². The van der Waals surface area contributed by atoms with Crippen LogP contribution in [0.3, 0.4) is 0 Å². The molecule has 0 aliphatic carbocycles. The Morgan fingerprint density at radius 2 is 2.55 bits per heavy atom. The van der Waals surface area contributed by atoms with Crippen molar-refractivity contribution >= 4 is 5.97 Å². The predicted octanol–water partition coefficient (Wildman–Crippen LogP) is -1.81. The summed E-state index contributed by atoms with van der Waals surface area (Å²) in [5.41, 5.74) is 0. The van der Waals surface area contributed by atoms with Crippen LogP contribution in [0.1, 0.15) is 17.3 Å². The van der Waals surface area contributed by atoms with Crippen molar-refractivity contribution < 1.29 is 30.5 Å². The largest absolute Gasteiger partial charge is 0.550 e. The van der Waals surface area contributed by atoms with Crippen LogP contribution in [-0.4, -0.2) is 49.2 Å². The molecule has 1 atom stereocenters. The van der Waals surface area contributed by atoms with Gasteiger partial charge in [0.25, 0.3) is 0 Å². The summed E-state index contributed by atoms with van der Waals surface area (Å²) in [5, 5.41) is 20.3. The molecule has 4 heteroatoms. The fourth-order valence-electron chi connectivity index (χ4n) is 0.389. The first-order chi connectivity index (χ1) is 7.94. The Labute approximate surface area is 77.9 Å². The molecule has 4 nitrogen and oxygen atoms in total. The van der Waals surface area contributed by atoms with Crippen molar-refractivity contribution in [3.05, 3.63) is 0 Å². The van der Waals surface area contributed by atoms with Crippen LogP contribution in [0, 0.1) is 0 Å². The van der Waals surface area contributed by atoms with Gasteiger partial charge in [0.2, 0.25) is 0 Å². The third-order valence-electron chi connectivity index (χ3n) is 0.606. The number of carbonyl (C=O) groups excluding carboxylic acids is 1. The van der Waals surface area contributed by atoms with Crippen LogP contribution in [-0.2, 0) is 4.79 Å². The van der Waals surface area contributed by atoms with Gasteiger partial charge in [-0.15, -0.1) is 0 Å². The lowest BCUT2D eigenvalue weighted by Crippen LogP contribution is -2.43. The Balaban J connectivity index is 5.99. The summed E-state index contributed by atoms with van der Waals surface area (Å²) >= 11 is 0. The predicted molar refractivity (Wildman–Crippen MR) is 38.5 cm³/mol. The maximum Gasteiger partial charge on any atom is 0.108 e. The molecule has 0 rings (SSSR count). The number of likely N-dealkylation sites (N-methyl/N-ethyl adjacent to an activating group) is 1. The van der Waals surface area contributed by atoms with Crippen molar-refractivity contribution in [2.45, 2.75) is 12.5 Å². The quantitative estimate of drug-likeness (QED) is 0.505. The molecule has 0 radical (unpaired) electrons. The molecule has 0 fully saturated rings. The normalized spacial score (nSPS) is 31.9. The molecular weight excluding hydrogens is 146 g/mol. The summed E-state index contributed by atoms with van der Waals surface area (Å²) in [6.45, 7) is -6.51. The van der Waals surface area contributed by atoms with Crippen LogP contribution >= 0.6 is 0 Å². The van der Waals surface area contributed by atoms with Gasteiger partial charge in [0.15, 0.2) is 0 Å². The molecule has 0 saturated carbocycles. The minimum atomic E-state index is -3.88. The first-order valence-electron chi connectivity index (χ1n) is 6.72. The molecule has 66 valence electrons. The van der Waals surface area contributed by atoms with Crippen LogP contribution in [0.5, 0.6) is 0 Å². The number of rotatable bonds is 4. The molecule has 11 heavy (non-hydrogen) atoms. The third kappa shape index (κ3) is 7.29. The maximum absolute atomic E-state index is 10.6. The fraction of sp³-hybridized carbons (Fsp3) is 0.857. The van der Waals surface area contributed by atoms with Crippen LogP contribution in [0.2, 0.25) is 0 Å². The number of aliphatic carboxylic acids is 1. The van der Waals surface area contributed by atoms with E-state index >= 15 is 0 Å². The molecule has 0 aliphatic rings.